The zero-order valence-corrected chi connectivity index (χ0v) is 36.8. The van der Waals surface area contributed by atoms with Crippen LogP contribution in [-0.4, -0.2) is 151 Å². The first-order valence-electron chi connectivity index (χ1n) is 20.0. The predicted molar refractivity (Wildman–Crippen MR) is 228 cm³/mol. The lowest BCUT2D eigenvalue weighted by atomic mass is 10.0. The summed E-state index contributed by atoms with van der Waals surface area (Å²) >= 11 is 0. The minimum atomic E-state index is -4.87. The third-order valence-electron chi connectivity index (χ3n) is 9.18. The molecule has 0 radical (unpaired) electrons. The molecule has 0 aromatic heterocycles. The van der Waals surface area contributed by atoms with Crippen LogP contribution in [0.15, 0.2) is 54.6 Å². The summed E-state index contributed by atoms with van der Waals surface area (Å²) in [5.41, 5.74) is 11.5. The second-order valence-electron chi connectivity index (χ2n) is 14.8. The van der Waals surface area contributed by atoms with Crippen molar-refractivity contribution in [2.45, 2.75) is 94.3 Å². The van der Waals surface area contributed by atoms with Gasteiger partial charge in [-0.05, 0) is 43.5 Å². The summed E-state index contributed by atoms with van der Waals surface area (Å²) in [6, 6.07) is 1.63. The van der Waals surface area contributed by atoms with E-state index in [4.69, 9.17) is 21.3 Å². The Labute approximate surface area is 381 Å². The molecule has 2 aromatic rings. The number of hydrogen-bond acceptors (Lipinski definition) is 15. The minimum Gasteiger partial charge on any atom is -0.481 e. The number of primary amides is 1. The van der Waals surface area contributed by atoms with Crippen LogP contribution in [0.4, 0.5) is 0 Å². The number of carbonyl (C=O) groups is 10. The van der Waals surface area contributed by atoms with Gasteiger partial charge in [0.15, 0.2) is 0 Å². The highest BCUT2D eigenvalue weighted by molar-refractivity contribution is 7.46. The Bertz CT molecular complexity index is 2140. The molecule has 0 unspecified atom stereocenters. The van der Waals surface area contributed by atoms with Gasteiger partial charge in [-0.15, -0.1) is 0 Å². The van der Waals surface area contributed by atoms with Gasteiger partial charge in [0.25, 0.3) is 0 Å². The first-order valence-corrected chi connectivity index (χ1v) is 21.6. The van der Waals surface area contributed by atoms with E-state index < -0.39 is 148 Å². The van der Waals surface area contributed by atoms with Gasteiger partial charge >= 0.3 is 19.8 Å². The number of hydrogen-bond donors (Lipinski definition) is 15. The molecule has 0 saturated heterocycles. The van der Waals surface area contributed by atoms with Crippen molar-refractivity contribution < 1.29 is 87.2 Å². The largest absolute Gasteiger partial charge is 0.524 e. The molecule has 8 amide bonds. The van der Waals surface area contributed by atoms with Crippen molar-refractivity contribution in [3.05, 3.63) is 65.7 Å². The molecule has 0 bridgehead atoms. The molecule has 2 aromatic carbocycles. The van der Waals surface area contributed by atoms with Crippen molar-refractivity contribution in [1.82, 2.24) is 37.2 Å². The molecular weight excluding hydrogens is 913 g/mol. The molecule has 368 valence electrons. The molecule has 28 heteroatoms. The zero-order chi connectivity index (χ0) is 50.6. The van der Waals surface area contributed by atoms with Crippen LogP contribution in [0.1, 0.15) is 44.2 Å². The summed E-state index contributed by atoms with van der Waals surface area (Å²) in [4.78, 5) is 145. The van der Waals surface area contributed by atoms with Gasteiger partial charge in [0.2, 0.25) is 47.3 Å². The van der Waals surface area contributed by atoms with E-state index in [0.717, 1.165) is 6.92 Å². The van der Waals surface area contributed by atoms with Crippen LogP contribution in [-0.2, 0) is 65.4 Å². The number of aliphatic hydroxyl groups is 2. The Morgan fingerprint density at radius 1 is 0.657 bits per heavy atom. The fourth-order valence-corrected chi connectivity index (χ4v) is 6.15. The van der Waals surface area contributed by atoms with E-state index in [2.05, 4.69) is 36.4 Å². The Balaban J connectivity index is 2.19. The fraction of sp³-hybridized carbons (Fsp3) is 0.436. The average molecular weight is 968 g/mol. The summed E-state index contributed by atoms with van der Waals surface area (Å²) in [6.45, 7) is 0.368. The van der Waals surface area contributed by atoms with E-state index in [1.165, 1.54) is 31.2 Å². The molecule has 0 heterocycles. The van der Waals surface area contributed by atoms with Crippen molar-refractivity contribution in [1.29, 1.82) is 0 Å². The monoisotopic (exact) mass is 967 g/mol. The quantitative estimate of drug-likeness (QED) is 0.0354. The first-order chi connectivity index (χ1) is 31.3. The molecule has 2 rings (SSSR count). The van der Waals surface area contributed by atoms with Gasteiger partial charge in [-0.2, -0.15) is 0 Å². The molecule has 17 N–H and O–H groups in total. The van der Waals surface area contributed by atoms with Crippen molar-refractivity contribution in [3.8, 4) is 5.75 Å². The number of aliphatic hydroxyl groups excluding tert-OH is 2. The van der Waals surface area contributed by atoms with Gasteiger partial charge in [0.1, 0.15) is 42.0 Å². The lowest BCUT2D eigenvalue weighted by Gasteiger charge is -2.26. The number of amides is 8. The number of nitrogens with one attached hydrogen (secondary N) is 7. The van der Waals surface area contributed by atoms with E-state index in [-0.39, 0.29) is 18.6 Å². The number of carboxylic acid groups (broad SMARTS) is 2. The molecule has 0 fully saturated rings. The topological polar surface area (TPSA) is 455 Å². The number of carboxylic acids is 2. The van der Waals surface area contributed by atoms with Crippen molar-refractivity contribution in [2.24, 2.45) is 11.5 Å². The maximum absolute atomic E-state index is 13.5. The zero-order valence-electron chi connectivity index (χ0n) is 35.9. The third-order valence-corrected chi connectivity index (χ3v) is 9.62. The van der Waals surface area contributed by atoms with Crippen LogP contribution in [0, 0.1) is 0 Å². The molecule has 0 aliphatic carbocycles. The highest BCUT2D eigenvalue weighted by Gasteiger charge is 2.34. The molecule has 0 aliphatic rings. The Morgan fingerprint density at radius 3 is 1.70 bits per heavy atom. The van der Waals surface area contributed by atoms with Gasteiger partial charge in [0.05, 0.1) is 31.7 Å². The van der Waals surface area contributed by atoms with Gasteiger partial charge in [-0.25, -0.2) is 9.36 Å². The molecule has 8 atom stereocenters. The van der Waals surface area contributed by atoms with E-state index in [0.29, 0.717) is 11.1 Å². The summed E-state index contributed by atoms with van der Waals surface area (Å²) in [5.74, 6) is -12.1. The maximum atomic E-state index is 13.5. The third kappa shape index (κ3) is 20.8. The maximum Gasteiger partial charge on any atom is 0.524 e. The molecule has 0 aliphatic heterocycles. The summed E-state index contributed by atoms with van der Waals surface area (Å²) < 4.78 is 15.6. The van der Waals surface area contributed by atoms with E-state index >= 15 is 0 Å². The highest BCUT2D eigenvalue weighted by atomic mass is 31.2. The normalized spacial score (nSPS) is 14.7. The predicted octanol–water partition coefficient (Wildman–Crippen LogP) is -5.49. The van der Waals surface area contributed by atoms with E-state index in [9.17, 15) is 72.9 Å². The van der Waals surface area contributed by atoms with Gasteiger partial charge in [-0.3, -0.25) is 52.9 Å². The van der Waals surface area contributed by atoms with Crippen LogP contribution >= 0.6 is 7.82 Å². The number of benzene rings is 2. The first kappa shape index (κ1) is 56.1. The summed E-state index contributed by atoms with van der Waals surface area (Å²) in [6.07, 6.45) is -4.23. The standard InChI is InChI=1S/C39H54N9O18P/c1-19(40)33(55)48-32(20(2)50)38(60)44-24(12-13-29(41)51)35(57)45-26(16-31(53)54)37(59)47-28(18-49)34(56)42-17-30(52)43-25(14-21-6-4-3-5-7-21)36(58)46-27(39(61)62)15-22-8-10-23(11-9-22)66-67(63,64)65/h3-11,19-20,24-28,32,49-50H,12-18,40H2,1-2H3,(H2,41,51)(H,42,56)(H,43,52)(H,44,60)(H,45,57)(H,46,58)(H,47,59)(H,48,55)(H,53,54)(H,61,62)(H2,63,64,65)/t19-,20+,24-,25-,26-,27-,28-,32-/m0/s1. The number of phosphoric ester groups is 1. The van der Waals surface area contributed by atoms with Gasteiger partial charge in [-0.1, -0.05) is 42.5 Å². The fourth-order valence-electron chi connectivity index (χ4n) is 5.76. The average Bonchev–Trinajstić information content (AvgIpc) is 3.24. The van der Waals surface area contributed by atoms with E-state index in [1.54, 1.807) is 30.3 Å². The van der Waals surface area contributed by atoms with Crippen molar-refractivity contribution in [2.75, 3.05) is 13.2 Å². The van der Waals surface area contributed by atoms with Gasteiger partial charge < -0.3 is 73.6 Å². The second-order valence-corrected chi connectivity index (χ2v) is 16.0. The van der Waals surface area contributed by atoms with Crippen molar-refractivity contribution >= 4 is 67.0 Å². The van der Waals surface area contributed by atoms with Crippen LogP contribution in [0.3, 0.4) is 0 Å². The number of aliphatic carboxylic acids is 2. The van der Waals surface area contributed by atoms with Crippen LogP contribution < -0.4 is 53.2 Å². The lowest BCUT2D eigenvalue weighted by Crippen LogP contribution is -2.61. The Kier molecular flexibility index (Phi) is 22.5. The molecular formula is C39H54N9O18P. The lowest BCUT2D eigenvalue weighted by molar-refractivity contribution is -0.142. The number of nitrogens with two attached hydrogens (primary N) is 2. The van der Waals surface area contributed by atoms with Crippen LogP contribution in [0.2, 0.25) is 0 Å². The Morgan fingerprint density at radius 2 is 1.18 bits per heavy atom. The Hall–Kier alpha value is -7.03. The van der Waals surface area contributed by atoms with Crippen LogP contribution in [0.25, 0.3) is 0 Å². The second kappa shape index (κ2) is 26.8. The summed E-state index contributed by atoms with van der Waals surface area (Å²) in [5, 5.41) is 54.7. The van der Waals surface area contributed by atoms with E-state index in [1.807, 2.05) is 5.32 Å². The molecule has 67 heavy (non-hydrogen) atoms. The number of rotatable bonds is 28. The molecule has 0 spiro atoms. The SMILES string of the molecule is C[C@H](N)C(=O)N[C@H](C(=O)N[C@@H](CCC(N)=O)C(=O)N[C@@H](CC(=O)O)C(=O)N[C@@H](CO)C(=O)NCC(=O)N[C@@H](Cc1ccccc1)C(=O)N[C@@H](Cc1ccc(OP(=O)(O)O)cc1)C(=O)O)[C@@H](C)O. The minimum absolute atomic E-state index is 0.183. The number of phosphoric acid groups is 1. The van der Waals surface area contributed by atoms with Gasteiger partial charge in [0, 0.05) is 19.3 Å². The molecule has 0 saturated carbocycles. The molecule has 27 nitrogen and oxygen atoms in total. The highest BCUT2D eigenvalue weighted by Crippen LogP contribution is 2.37. The summed E-state index contributed by atoms with van der Waals surface area (Å²) in [7, 11) is -4.87. The van der Waals surface area contributed by atoms with Crippen molar-refractivity contribution in [3.63, 3.8) is 0 Å². The number of carbonyl (C=O) groups excluding carboxylic acids is 8. The van der Waals surface area contributed by atoms with Crippen LogP contribution in [0.5, 0.6) is 5.75 Å². The smallest absolute Gasteiger partial charge is 0.481 e.